The molecule has 0 unspecified atom stereocenters. The molecule has 2 amide bonds. The molecule has 1 fully saturated rings. The number of piperazine rings is 1. The van der Waals surface area contributed by atoms with Crippen LogP contribution in [0.15, 0.2) is 42.5 Å². The predicted octanol–water partition coefficient (Wildman–Crippen LogP) is 3.55. The van der Waals surface area contributed by atoms with E-state index in [4.69, 9.17) is 23.2 Å². The molecule has 1 aliphatic heterocycles. The molecule has 2 aromatic carbocycles. The van der Waals surface area contributed by atoms with Crippen LogP contribution in [0.3, 0.4) is 0 Å². The van der Waals surface area contributed by atoms with Crippen LogP contribution in [0.2, 0.25) is 10.0 Å². The van der Waals surface area contributed by atoms with Gasteiger partial charge in [0.1, 0.15) is 5.82 Å². The fourth-order valence-corrected chi connectivity index (χ4v) is 3.51. The summed E-state index contributed by atoms with van der Waals surface area (Å²) in [7, 11) is 0. The van der Waals surface area contributed by atoms with Crippen LogP contribution < -0.4 is 0 Å². The molecule has 0 radical (unpaired) electrons. The van der Waals surface area contributed by atoms with Crippen molar-refractivity contribution in [2.24, 2.45) is 0 Å². The maximum absolute atomic E-state index is 13.3. The fraction of sp³-hybridized carbons (Fsp3) is 0.263. The van der Waals surface area contributed by atoms with Crippen LogP contribution in [-0.4, -0.2) is 41.2 Å². The lowest BCUT2D eigenvalue weighted by Crippen LogP contribution is -2.52. The van der Waals surface area contributed by atoms with E-state index in [9.17, 15) is 14.0 Å². The largest absolute Gasteiger partial charge is 0.335 e. The molecule has 1 saturated heterocycles. The summed E-state index contributed by atoms with van der Waals surface area (Å²) in [5.41, 5.74) is 1.44. The average molecular weight is 395 g/mol. The number of nitrogens with zero attached hydrogens (tertiary/aromatic N) is 2. The van der Waals surface area contributed by atoms with Gasteiger partial charge in [0.2, 0.25) is 11.8 Å². The van der Waals surface area contributed by atoms with Gasteiger partial charge in [-0.2, -0.15) is 0 Å². The van der Waals surface area contributed by atoms with Crippen molar-refractivity contribution in [1.82, 2.24) is 9.80 Å². The lowest BCUT2D eigenvalue weighted by Gasteiger charge is -2.34. The Balaban J connectivity index is 1.59. The van der Waals surface area contributed by atoms with Crippen molar-refractivity contribution in [3.63, 3.8) is 0 Å². The van der Waals surface area contributed by atoms with E-state index in [1.54, 1.807) is 35.2 Å². The summed E-state index contributed by atoms with van der Waals surface area (Å²) < 4.78 is 13.3. The highest BCUT2D eigenvalue weighted by molar-refractivity contribution is 6.34. The number of rotatable bonds is 4. The number of amides is 2. The minimum absolute atomic E-state index is 0.0163. The van der Waals surface area contributed by atoms with Gasteiger partial charge in [0.15, 0.2) is 0 Å². The summed E-state index contributed by atoms with van der Waals surface area (Å²) in [5.74, 6) is -0.635. The number of carbonyl (C=O) groups is 2. The van der Waals surface area contributed by atoms with Crippen molar-refractivity contribution < 1.29 is 14.0 Å². The number of hydrogen-bond donors (Lipinski definition) is 0. The zero-order chi connectivity index (χ0) is 18.7. The number of carbonyl (C=O) groups excluding carboxylic acids is 2. The highest BCUT2D eigenvalue weighted by Gasteiger charge is 2.27. The molecular weight excluding hydrogens is 378 g/mol. The Morgan fingerprint density at radius 1 is 1.04 bits per heavy atom. The second-order valence-electron chi connectivity index (χ2n) is 6.21. The highest BCUT2D eigenvalue weighted by Crippen LogP contribution is 2.20. The van der Waals surface area contributed by atoms with Gasteiger partial charge in [0.05, 0.1) is 13.0 Å². The van der Waals surface area contributed by atoms with E-state index < -0.39 is 0 Å². The summed E-state index contributed by atoms with van der Waals surface area (Å²) in [6.45, 7) is 1.20. The Morgan fingerprint density at radius 3 is 2.42 bits per heavy atom. The predicted molar refractivity (Wildman–Crippen MR) is 98.6 cm³/mol. The van der Waals surface area contributed by atoms with Crippen molar-refractivity contribution in [2.45, 2.75) is 13.0 Å². The van der Waals surface area contributed by atoms with E-state index in [1.165, 1.54) is 17.0 Å². The van der Waals surface area contributed by atoms with Gasteiger partial charge in [-0.05, 0) is 41.5 Å². The third-order valence-corrected chi connectivity index (χ3v) is 4.65. The van der Waals surface area contributed by atoms with Crippen molar-refractivity contribution in [1.29, 1.82) is 0 Å². The molecule has 3 rings (SSSR count). The molecule has 1 aliphatic rings. The minimum atomic E-state index is -0.330. The molecule has 4 nitrogen and oxygen atoms in total. The van der Waals surface area contributed by atoms with E-state index in [2.05, 4.69) is 0 Å². The first-order valence-corrected chi connectivity index (χ1v) is 8.91. The first-order chi connectivity index (χ1) is 12.4. The van der Waals surface area contributed by atoms with Gasteiger partial charge in [0, 0.05) is 29.7 Å². The van der Waals surface area contributed by atoms with Crippen molar-refractivity contribution >= 4 is 35.0 Å². The van der Waals surface area contributed by atoms with Crippen molar-refractivity contribution in [3.8, 4) is 0 Å². The second kappa shape index (κ2) is 8.06. The Morgan fingerprint density at radius 2 is 1.77 bits per heavy atom. The Hall–Kier alpha value is -2.11. The normalized spacial score (nSPS) is 14.7. The van der Waals surface area contributed by atoms with Gasteiger partial charge in [-0.1, -0.05) is 35.3 Å². The molecule has 0 aromatic heterocycles. The summed E-state index contributed by atoms with van der Waals surface area (Å²) in [6, 6.07) is 11.1. The topological polar surface area (TPSA) is 40.6 Å². The molecule has 0 aliphatic carbocycles. The standard InChI is InChI=1S/C19H17Cl2FN2O2/c20-15-6-14(7-16(21)10-15)9-18(25)24-5-4-23(19(26)12-24)11-13-2-1-3-17(22)8-13/h1-3,6-8,10H,4-5,9,11-12H2. The summed E-state index contributed by atoms with van der Waals surface area (Å²) >= 11 is 11.9. The Bertz CT molecular complexity index is 824. The summed E-state index contributed by atoms with van der Waals surface area (Å²) in [4.78, 5) is 28.0. The van der Waals surface area contributed by atoms with Crippen LogP contribution in [0, 0.1) is 5.82 Å². The van der Waals surface area contributed by atoms with E-state index in [0.29, 0.717) is 35.2 Å². The van der Waals surface area contributed by atoms with E-state index in [-0.39, 0.29) is 30.6 Å². The molecule has 7 heteroatoms. The first kappa shape index (κ1) is 18.7. The molecule has 0 saturated carbocycles. The van der Waals surface area contributed by atoms with Crippen LogP contribution in [0.1, 0.15) is 11.1 Å². The molecule has 0 spiro atoms. The van der Waals surface area contributed by atoms with Gasteiger partial charge in [-0.25, -0.2) is 4.39 Å². The summed E-state index contributed by atoms with van der Waals surface area (Å²) in [5, 5.41) is 0.938. The smallest absolute Gasteiger partial charge is 0.242 e. The molecule has 2 aromatic rings. The third kappa shape index (κ3) is 4.74. The van der Waals surface area contributed by atoms with Gasteiger partial charge in [0.25, 0.3) is 0 Å². The average Bonchev–Trinajstić information content (AvgIpc) is 2.55. The van der Waals surface area contributed by atoms with Crippen LogP contribution >= 0.6 is 23.2 Å². The Labute approximate surface area is 161 Å². The zero-order valence-corrected chi connectivity index (χ0v) is 15.4. The Kier molecular flexibility index (Phi) is 5.79. The van der Waals surface area contributed by atoms with Gasteiger partial charge >= 0.3 is 0 Å². The molecule has 1 heterocycles. The van der Waals surface area contributed by atoms with Gasteiger partial charge in [-0.15, -0.1) is 0 Å². The van der Waals surface area contributed by atoms with Crippen LogP contribution in [0.5, 0.6) is 0 Å². The van der Waals surface area contributed by atoms with Gasteiger partial charge in [-0.3, -0.25) is 9.59 Å². The maximum atomic E-state index is 13.3. The van der Waals surface area contributed by atoms with E-state index in [1.807, 2.05) is 0 Å². The van der Waals surface area contributed by atoms with Gasteiger partial charge < -0.3 is 9.80 Å². The maximum Gasteiger partial charge on any atom is 0.242 e. The van der Waals surface area contributed by atoms with E-state index >= 15 is 0 Å². The molecule has 0 bridgehead atoms. The number of halogens is 3. The number of hydrogen-bond acceptors (Lipinski definition) is 2. The first-order valence-electron chi connectivity index (χ1n) is 8.15. The molecule has 0 N–H and O–H groups in total. The molecule has 26 heavy (non-hydrogen) atoms. The molecular formula is C19H17Cl2FN2O2. The minimum Gasteiger partial charge on any atom is -0.335 e. The molecule has 136 valence electrons. The lowest BCUT2D eigenvalue weighted by molar-refractivity contribution is -0.145. The second-order valence-corrected chi connectivity index (χ2v) is 7.09. The van der Waals surface area contributed by atoms with E-state index in [0.717, 1.165) is 5.56 Å². The monoisotopic (exact) mass is 394 g/mol. The number of benzene rings is 2. The lowest BCUT2D eigenvalue weighted by atomic mass is 10.1. The van der Waals surface area contributed by atoms with Crippen molar-refractivity contribution in [3.05, 3.63) is 69.5 Å². The molecule has 0 atom stereocenters. The third-order valence-electron chi connectivity index (χ3n) is 4.21. The van der Waals surface area contributed by atoms with Crippen LogP contribution in [0.25, 0.3) is 0 Å². The van der Waals surface area contributed by atoms with Crippen molar-refractivity contribution in [2.75, 3.05) is 19.6 Å². The summed E-state index contributed by atoms with van der Waals surface area (Å²) in [6.07, 6.45) is 0.136. The highest BCUT2D eigenvalue weighted by atomic mass is 35.5. The zero-order valence-electron chi connectivity index (χ0n) is 13.9. The SMILES string of the molecule is O=C(Cc1cc(Cl)cc(Cl)c1)N1CCN(Cc2cccc(F)c2)C(=O)C1. The van der Waals surface area contributed by atoms with Crippen LogP contribution in [0.4, 0.5) is 4.39 Å². The quantitative estimate of drug-likeness (QED) is 0.795. The van der Waals surface area contributed by atoms with Crippen LogP contribution in [-0.2, 0) is 22.6 Å². The fourth-order valence-electron chi connectivity index (χ4n) is 2.94.